The van der Waals surface area contributed by atoms with E-state index in [9.17, 15) is 14.4 Å². The maximum Gasteiger partial charge on any atom is 0.242 e. The average molecular weight is 357 g/mol. The Morgan fingerprint density at radius 3 is 2.65 bits per heavy atom. The third-order valence-electron chi connectivity index (χ3n) is 5.20. The van der Waals surface area contributed by atoms with Crippen LogP contribution in [0.4, 0.5) is 5.69 Å². The van der Waals surface area contributed by atoms with Crippen LogP contribution in [0.15, 0.2) is 24.3 Å². The molecule has 6 heteroatoms. The van der Waals surface area contributed by atoms with E-state index in [1.165, 1.54) is 0 Å². The molecule has 2 aliphatic rings. The van der Waals surface area contributed by atoms with Gasteiger partial charge >= 0.3 is 0 Å². The number of aryl methyl sites for hydroxylation is 1. The van der Waals surface area contributed by atoms with Crippen molar-refractivity contribution < 1.29 is 14.4 Å². The number of likely N-dealkylation sites (tertiary alicyclic amines) is 1. The van der Waals surface area contributed by atoms with Crippen LogP contribution in [0.3, 0.4) is 0 Å². The lowest BCUT2D eigenvalue weighted by atomic mass is 10.1. The second-order valence-corrected chi connectivity index (χ2v) is 7.05. The molecule has 2 heterocycles. The number of carbonyl (C=O) groups is 3. The van der Waals surface area contributed by atoms with Crippen molar-refractivity contribution in [2.45, 2.75) is 51.5 Å². The molecule has 140 valence electrons. The van der Waals surface area contributed by atoms with Gasteiger partial charge in [-0.2, -0.15) is 0 Å². The molecule has 6 nitrogen and oxygen atoms in total. The predicted molar refractivity (Wildman–Crippen MR) is 99.8 cm³/mol. The summed E-state index contributed by atoms with van der Waals surface area (Å²) in [6.07, 6.45) is 4.43. The number of hydrogen-bond acceptors (Lipinski definition) is 3. The largest absolute Gasteiger partial charge is 0.354 e. The summed E-state index contributed by atoms with van der Waals surface area (Å²) in [6, 6.07) is 7.27. The zero-order valence-corrected chi connectivity index (χ0v) is 15.4. The van der Waals surface area contributed by atoms with Gasteiger partial charge in [0.25, 0.3) is 0 Å². The van der Waals surface area contributed by atoms with E-state index in [1.807, 2.05) is 29.2 Å². The second kappa shape index (κ2) is 8.34. The molecule has 0 radical (unpaired) electrons. The van der Waals surface area contributed by atoms with E-state index in [2.05, 4.69) is 5.32 Å². The van der Waals surface area contributed by atoms with Crippen molar-refractivity contribution in [2.24, 2.45) is 0 Å². The van der Waals surface area contributed by atoms with Crippen LogP contribution in [0.25, 0.3) is 0 Å². The van der Waals surface area contributed by atoms with Crippen LogP contribution in [0.1, 0.15) is 44.6 Å². The van der Waals surface area contributed by atoms with Crippen LogP contribution in [0.2, 0.25) is 0 Å². The van der Waals surface area contributed by atoms with Crippen LogP contribution in [0.5, 0.6) is 0 Å². The molecule has 0 aromatic heterocycles. The Balaban J connectivity index is 1.57. The van der Waals surface area contributed by atoms with Crippen molar-refractivity contribution in [3.63, 3.8) is 0 Å². The molecule has 1 fully saturated rings. The Kier molecular flexibility index (Phi) is 5.91. The second-order valence-electron chi connectivity index (χ2n) is 7.05. The van der Waals surface area contributed by atoms with Crippen molar-refractivity contribution in [1.29, 1.82) is 0 Å². The Labute approximate surface area is 154 Å². The fourth-order valence-electron chi connectivity index (χ4n) is 3.75. The molecule has 0 saturated carbocycles. The van der Waals surface area contributed by atoms with Gasteiger partial charge in [-0.1, -0.05) is 18.2 Å². The van der Waals surface area contributed by atoms with Gasteiger partial charge in [-0.15, -0.1) is 0 Å². The minimum atomic E-state index is -0.546. The lowest BCUT2D eigenvalue weighted by molar-refractivity contribution is -0.127. The molecular weight excluding hydrogens is 330 g/mol. The summed E-state index contributed by atoms with van der Waals surface area (Å²) in [5.41, 5.74) is 1.96. The quantitative estimate of drug-likeness (QED) is 0.790. The summed E-state index contributed by atoms with van der Waals surface area (Å²) in [4.78, 5) is 40.2. The number of anilines is 1. The molecule has 0 bridgehead atoms. The first-order valence-electron chi connectivity index (χ1n) is 9.53. The van der Waals surface area contributed by atoms with Gasteiger partial charge in [-0.25, -0.2) is 0 Å². The van der Waals surface area contributed by atoms with Crippen molar-refractivity contribution in [3.05, 3.63) is 29.8 Å². The smallest absolute Gasteiger partial charge is 0.242 e. The standard InChI is InChI=1S/C20H27N3O3/c1-15(20(26)21-12-6-14-22-13-5-11-18(22)24)23-17-9-3-2-7-16(17)8-4-10-19(23)25/h2-3,7,9,15H,4-6,8,10-14H2,1H3,(H,21,26)/t15-/m0/s1. The number of fused-ring (bicyclic) bond motifs is 1. The molecule has 1 aromatic rings. The molecule has 2 aliphatic heterocycles. The molecule has 26 heavy (non-hydrogen) atoms. The molecule has 3 amide bonds. The number of carbonyl (C=O) groups excluding carboxylic acids is 3. The van der Waals surface area contributed by atoms with Crippen molar-refractivity contribution in [2.75, 3.05) is 24.5 Å². The number of amides is 3. The molecule has 1 N–H and O–H groups in total. The fourth-order valence-corrected chi connectivity index (χ4v) is 3.75. The van der Waals surface area contributed by atoms with E-state index in [0.717, 1.165) is 43.5 Å². The van der Waals surface area contributed by atoms with E-state index in [-0.39, 0.29) is 17.7 Å². The number of nitrogens with zero attached hydrogens (tertiary/aromatic N) is 2. The molecule has 0 spiro atoms. The highest BCUT2D eigenvalue weighted by Crippen LogP contribution is 2.28. The first-order valence-corrected chi connectivity index (χ1v) is 9.53. The number of nitrogens with one attached hydrogen (secondary N) is 1. The summed E-state index contributed by atoms with van der Waals surface area (Å²) in [7, 11) is 0. The highest BCUT2D eigenvalue weighted by molar-refractivity contribution is 6.01. The zero-order valence-electron chi connectivity index (χ0n) is 15.4. The highest BCUT2D eigenvalue weighted by Gasteiger charge is 2.30. The fraction of sp³-hybridized carbons (Fsp3) is 0.550. The average Bonchev–Trinajstić information content (AvgIpc) is 2.96. The Morgan fingerprint density at radius 2 is 1.88 bits per heavy atom. The van der Waals surface area contributed by atoms with Crippen LogP contribution in [-0.2, 0) is 20.8 Å². The SMILES string of the molecule is C[C@@H](C(=O)NCCCN1CCCC1=O)N1C(=O)CCCc2ccccc21. The minimum absolute atomic E-state index is 0.000244. The van der Waals surface area contributed by atoms with E-state index in [0.29, 0.717) is 25.9 Å². The van der Waals surface area contributed by atoms with Crippen LogP contribution in [-0.4, -0.2) is 48.3 Å². The highest BCUT2D eigenvalue weighted by atomic mass is 16.2. The van der Waals surface area contributed by atoms with Gasteiger partial charge < -0.3 is 10.2 Å². The molecule has 1 aromatic carbocycles. The van der Waals surface area contributed by atoms with Crippen LogP contribution < -0.4 is 10.2 Å². The third-order valence-corrected chi connectivity index (χ3v) is 5.20. The van der Waals surface area contributed by atoms with E-state index < -0.39 is 6.04 Å². The molecule has 1 saturated heterocycles. The normalized spacial score (nSPS) is 18.5. The molecule has 1 atom stereocenters. The Bertz CT molecular complexity index is 689. The lowest BCUT2D eigenvalue weighted by Crippen LogP contribution is -2.48. The molecule has 3 rings (SSSR count). The lowest BCUT2D eigenvalue weighted by Gasteiger charge is -2.29. The van der Waals surface area contributed by atoms with Gasteiger partial charge in [0.15, 0.2) is 0 Å². The van der Waals surface area contributed by atoms with Gasteiger partial charge in [0.1, 0.15) is 6.04 Å². The van der Waals surface area contributed by atoms with Crippen molar-refractivity contribution in [1.82, 2.24) is 10.2 Å². The molecule has 0 unspecified atom stereocenters. The summed E-state index contributed by atoms with van der Waals surface area (Å²) >= 11 is 0. The minimum Gasteiger partial charge on any atom is -0.354 e. The summed E-state index contributed by atoms with van der Waals surface area (Å²) in [5, 5.41) is 2.92. The summed E-state index contributed by atoms with van der Waals surface area (Å²) in [6.45, 7) is 3.79. The maximum absolute atomic E-state index is 12.6. The van der Waals surface area contributed by atoms with Crippen LogP contribution >= 0.6 is 0 Å². The van der Waals surface area contributed by atoms with E-state index in [1.54, 1.807) is 11.8 Å². The molecular formula is C20H27N3O3. The maximum atomic E-state index is 12.6. The summed E-state index contributed by atoms with van der Waals surface area (Å²) in [5.74, 6) is 0.0551. The van der Waals surface area contributed by atoms with Crippen molar-refractivity contribution in [3.8, 4) is 0 Å². The number of benzene rings is 1. The van der Waals surface area contributed by atoms with E-state index in [4.69, 9.17) is 0 Å². The molecule has 0 aliphatic carbocycles. The van der Waals surface area contributed by atoms with Gasteiger partial charge in [-0.05, 0) is 44.2 Å². The van der Waals surface area contributed by atoms with Crippen molar-refractivity contribution >= 4 is 23.4 Å². The monoisotopic (exact) mass is 357 g/mol. The predicted octanol–water partition coefficient (Wildman–Crippen LogP) is 1.87. The Morgan fingerprint density at radius 1 is 1.12 bits per heavy atom. The van der Waals surface area contributed by atoms with Crippen LogP contribution in [0, 0.1) is 0 Å². The Hall–Kier alpha value is -2.37. The third kappa shape index (κ3) is 4.06. The zero-order chi connectivity index (χ0) is 18.5. The first-order chi connectivity index (χ1) is 12.6. The van der Waals surface area contributed by atoms with Gasteiger partial charge in [0, 0.05) is 38.2 Å². The van der Waals surface area contributed by atoms with Gasteiger partial charge in [0.05, 0.1) is 0 Å². The first kappa shape index (κ1) is 18.4. The number of hydrogen-bond donors (Lipinski definition) is 1. The summed E-state index contributed by atoms with van der Waals surface area (Å²) < 4.78 is 0. The number of rotatable bonds is 6. The number of para-hydroxylation sites is 1. The van der Waals surface area contributed by atoms with Gasteiger partial charge in [-0.3, -0.25) is 19.3 Å². The topological polar surface area (TPSA) is 69.7 Å². The van der Waals surface area contributed by atoms with E-state index >= 15 is 0 Å². The van der Waals surface area contributed by atoms with Gasteiger partial charge in [0.2, 0.25) is 17.7 Å².